The summed E-state index contributed by atoms with van der Waals surface area (Å²) in [5.74, 6) is -0.0991. The van der Waals surface area contributed by atoms with Crippen molar-refractivity contribution in [2.75, 3.05) is 0 Å². The number of hydrogen-bond donors (Lipinski definition) is 2. The van der Waals surface area contributed by atoms with Crippen molar-refractivity contribution in [3.8, 4) is 0 Å². The number of carbonyl (C=O) groups excluding carboxylic acids is 1. The number of H-pyrrole nitrogens is 1. The molecule has 0 fully saturated rings. The fourth-order valence-corrected chi connectivity index (χ4v) is 2.98. The molecular weight excluding hydrogens is 308 g/mol. The number of furan rings is 1. The molecule has 3 aromatic rings. The van der Waals surface area contributed by atoms with E-state index >= 15 is 0 Å². The quantitative estimate of drug-likeness (QED) is 0.746. The van der Waals surface area contributed by atoms with Crippen molar-refractivity contribution < 1.29 is 9.21 Å². The first-order valence-electron chi connectivity index (χ1n) is 7.80. The van der Waals surface area contributed by atoms with Gasteiger partial charge in [0.25, 0.3) is 5.56 Å². The Morgan fingerprint density at radius 2 is 2.21 bits per heavy atom. The second-order valence-electron chi connectivity index (χ2n) is 5.90. The number of aromatic amines is 1. The Hall–Kier alpha value is -2.83. The molecule has 24 heavy (non-hydrogen) atoms. The summed E-state index contributed by atoms with van der Waals surface area (Å²) in [5, 5.41) is 8.11. The highest BCUT2D eigenvalue weighted by atomic mass is 16.3. The molecule has 0 atom stereocenters. The lowest BCUT2D eigenvalue weighted by atomic mass is 10.0. The van der Waals surface area contributed by atoms with E-state index in [2.05, 4.69) is 15.4 Å². The lowest BCUT2D eigenvalue weighted by molar-refractivity contribution is -0.121. The number of rotatable bonds is 5. The molecule has 0 bridgehead atoms. The van der Waals surface area contributed by atoms with Gasteiger partial charge in [0.1, 0.15) is 5.65 Å². The van der Waals surface area contributed by atoms with Crippen LogP contribution in [0.25, 0.3) is 11.0 Å². The molecule has 126 valence electrons. The van der Waals surface area contributed by atoms with Crippen molar-refractivity contribution in [3.63, 3.8) is 0 Å². The zero-order valence-corrected chi connectivity index (χ0v) is 14.0. The summed E-state index contributed by atoms with van der Waals surface area (Å²) >= 11 is 0. The van der Waals surface area contributed by atoms with Crippen molar-refractivity contribution >= 4 is 16.9 Å². The lowest BCUT2D eigenvalue weighted by Crippen LogP contribution is -2.24. The van der Waals surface area contributed by atoms with Gasteiger partial charge in [0.05, 0.1) is 18.2 Å². The summed E-state index contributed by atoms with van der Waals surface area (Å²) in [6, 6.07) is 1.80. The van der Waals surface area contributed by atoms with Crippen molar-refractivity contribution in [1.82, 2.24) is 20.1 Å². The van der Waals surface area contributed by atoms with E-state index in [1.807, 2.05) is 13.8 Å². The van der Waals surface area contributed by atoms with Crippen LogP contribution in [0.4, 0.5) is 0 Å². The minimum Gasteiger partial charge on any atom is -0.472 e. The minimum absolute atomic E-state index is 0.0991. The smallest absolute Gasteiger partial charge is 0.253 e. The molecule has 7 heteroatoms. The fraction of sp³-hybridized carbons (Fsp3) is 0.353. The van der Waals surface area contributed by atoms with Crippen LogP contribution >= 0.6 is 0 Å². The molecule has 0 aliphatic rings. The first kappa shape index (κ1) is 16.0. The Morgan fingerprint density at radius 3 is 2.92 bits per heavy atom. The first-order chi connectivity index (χ1) is 11.5. The molecule has 3 aromatic heterocycles. The van der Waals surface area contributed by atoms with Crippen molar-refractivity contribution in [1.29, 1.82) is 0 Å². The van der Waals surface area contributed by atoms with Gasteiger partial charge in [-0.15, -0.1) is 0 Å². The predicted molar refractivity (Wildman–Crippen MR) is 89.7 cm³/mol. The van der Waals surface area contributed by atoms with Crippen LogP contribution in [0.5, 0.6) is 0 Å². The van der Waals surface area contributed by atoms with Crippen LogP contribution in [0, 0.1) is 13.8 Å². The van der Waals surface area contributed by atoms with Crippen molar-refractivity contribution in [3.05, 3.63) is 51.3 Å². The van der Waals surface area contributed by atoms with Gasteiger partial charge in [0, 0.05) is 36.5 Å². The Bertz CT molecular complexity index is 935. The van der Waals surface area contributed by atoms with E-state index in [1.54, 1.807) is 30.3 Å². The maximum Gasteiger partial charge on any atom is 0.253 e. The van der Waals surface area contributed by atoms with Crippen LogP contribution in [-0.2, 0) is 24.8 Å². The molecule has 0 radical (unpaired) electrons. The number of aromatic nitrogens is 3. The highest BCUT2D eigenvalue weighted by Crippen LogP contribution is 2.21. The van der Waals surface area contributed by atoms with E-state index in [0.29, 0.717) is 24.2 Å². The van der Waals surface area contributed by atoms with Crippen LogP contribution in [0.3, 0.4) is 0 Å². The fourth-order valence-electron chi connectivity index (χ4n) is 2.98. The molecule has 0 aliphatic carbocycles. The van der Waals surface area contributed by atoms with Crippen molar-refractivity contribution in [2.24, 2.45) is 7.05 Å². The normalized spacial score (nSPS) is 11.1. The third-order valence-corrected chi connectivity index (χ3v) is 4.23. The van der Waals surface area contributed by atoms with E-state index in [4.69, 9.17) is 4.42 Å². The third-order valence-electron chi connectivity index (χ3n) is 4.23. The van der Waals surface area contributed by atoms with Gasteiger partial charge >= 0.3 is 0 Å². The van der Waals surface area contributed by atoms with Gasteiger partial charge in [-0.2, -0.15) is 5.10 Å². The topological polar surface area (TPSA) is 92.9 Å². The second-order valence-corrected chi connectivity index (χ2v) is 5.90. The summed E-state index contributed by atoms with van der Waals surface area (Å²) < 4.78 is 6.62. The summed E-state index contributed by atoms with van der Waals surface area (Å²) in [6.45, 7) is 4.24. The molecule has 0 saturated carbocycles. The van der Waals surface area contributed by atoms with E-state index < -0.39 is 0 Å². The summed E-state index contributed by atoms with van der Waals surface area (Å²) in [7, 11) is 1.80. The van der Waals surface area contributed by atoms with Gasteiger partial charge < -0.3 is 14.7 Å². The molecular formula is C17H20N4O3. The Morgan fingerprint density at radius 1 is 1.42 bits per heavy atom. The molecule has 0 aromatic carbocycles. The SMILES string of the molecule is Cc1nn(C)c2[nH]c(=O)c(CCC(=O)NCc3ccoc3)c(C)c12. The molecule has 0 spiro atoms. The zero-order chi connectivity index (χ0) is 17.3. The number of carbonyl (C=O) groups is 1. The lowest BCUT2D eigenvalue weighted by Gasteiger charge is -2.07. The highest BCUT2D eigenvalue weighted by molar-refractivity contribution is 5.83. The maximum atomic E-state index is 12.3. The molecule has 0 saturated heterocycles. The number of aryl methyl sites for hydroxylation is 3. The van der Waals surface area contributed by atoms with Gasteiger partial charge in [0.2, 0.25) is 5.91 Å². The molecule has 0 unspecified atom stereocenters. The monoisotopic (exact) mass is 328 g/mol. The highest BCUT2D eigenvalue weighted by Gasteiger charge is 2.15. The Balaban J connectivity index is 1.74. The summed E-state index contributed by atoms with van der Waals surface area (Å²) in [5.41, 5.74) is 3.85. The second kappa shape index (κ2) is 6.35. The molecule has 3 rings (SSSR count). The summed E-state index contributed by atoms with van der Waals surface area (Å²) in [4.78, 5) is 27.2. The third kappa shape index (κ3) is 2.97. The van der Waals surface area contributed by atoms with Crippen LogP contribution in [-0.4, -0.2) is 20.7 Å². The van der Waals surface area contributed by atoms with Gasteiger partial charge in [-0.3, -0.25) is 14.3 Å². The van der Waals surface area contributed by atoms with Crippen LogP contribution < -0.4 is 10.9 Å². The van der Waals surface area contributed by atoms with Gasteiger partial charge in [0.15, 0.2) is 0 Å². The molecule has 7 nitrogen and oxygen atoms in total. The molecule has 1 amide bonds. The largest absolute Gasteiger partial charge is 0.472 e. The number of amides is 1. The number of hydrogen-bond acceptors (Lipinski definition) is 4. The first-order valence-corrected chi connectivity index (χ1v) is 7.80. The van der Waals surface area contributed by atoms with E-state index in [0.717, 1.165) is 22.2 Å². The van der Waals surface area contributed by atoms with Crippen LogP contribution in [0.1, 0.15) is 28.8 Å². The van der Waals surface area contributed by atoms with Crippen molar-refractivity contribution in [2.45, 2.75) is 33.2 Å². The Kier molecular flexibility index (Phi) is 4.24. The summed E-state index contributed by atoms with van der Waals surface area (Å²) in [6.07, 6.45) is 3.80. The average molecular weight is 328 g/mol. The maximum absolute atomic E-state index is 12.3. The predicted octanol–water partition coefficient (Wildman–Crippen LogP) is 1.72. The van der Waals surface area contributed by atoms with Gasteiger partial charge in [-0.05, 0) is 31.9 Å². The zero-order valence-electron chi connectivity index (χ0n) is 14.0. The number of nitrogens with one attached hydrogen (secondary N) is 2. The van der Waals surface area contributed by atoms with Crippen LogP contribution in [0.2, 0.25) is 0 Å². The Labute approximate surface area is 138 Å². The average Bonchev–Trinajstić information content (AvgIpc) is 3.13. The molecule has 3 heterocycles. The standard InChI is InChI=1S/C17H20N4O3/c1-10-13(4-5-14(22)18-8-12-6-7-24-9-12)17(23)19-16-15(10)11(2)20-21(16)3/h6-7,9H,4-5,8H2,1-3H3,(H,18,22)(H,19,23). The van der Waals surface area contributed by atoms with E-state index in [9.17, 15) is 9.59 Å². The van der Waals surface area contributed by atoms with Crippen LogP contribution in [0.15, 0.2) is 27.8 Å². The molecule has 2 N–H and O–H groups in total. The number of nitrogens with zero attached hydrogens (tertiary/aromatic N) is 2. The van der Waals surface area contributed by atoms with E-state index in [-0.39, 0.29) is 17.9 Å². The number of pyridine rings is 1. The van der Waals surface area contributed by atoms with E-state index in [1.165, 1.54) is 0 Å². The minimum atomic E-state index is -0.161. The van der Waals surface area contributed by atoms with Gasteiger partial charge in [-0.25, -0.2) is 0 Å². The number of fused-ring (bicyclic) bond motifs is 1. The molecule has 0 aliphatic heterocycles. The van der Waals surface area contributed by atoms with Gasteiger partial charge in [-0.1, -0.05) is 0 Å².